The number of hydrogen-bond acceptors (Lipinski definition) is 7. The number of nitrogens with zero attached hydrogens (tertiary/aromatic N) is 5. The van der Waals surface area contributed by atoms with Gasteiger partial charge in [0.2, 0.25) is 5.89 Å². The fourth-order valence-electron chi connectivity index (χ4n) is 2.71. The predicted molar refractivity (Wildman–Crippen MR) is 81.3 cm³/mol. The Balaban J connectivity index is 1.43. The van der Waals surface area contributed by atoms with Crippen molar-refractivity contribution in [3.63, 3.8) is 0 Å². The second-order valence-corrected chi connectivity index (χ2v) is 6.35. The van der Waals surface area contributed by atoms with E-state index in [2.05, 4.69) is 25.6 Å². The van der Waals surface area contributed by atoms with Gasteiger partial charge >= 0.3 is 0 Å². The summed E-state index contributed by atoms with van der Waals surface area (Å²) in [5, 5.41) is 18.1. The van der Waals surface area contributed by atoms with Crippen molar-refractivity contribution in [2.24, 2.45) is 0 Å². The standard InChI is InChI=1S/C14H16N6OS/c1-9(13-18-19-14(21-13)11-3-2-6-22-11)17-10-4-5-12-15-8-16-20(12)7-10/h2-3,6,8-10,17H,4-5,7H2,1H3/t9-,10+/m1/s1. The maximum absolute atomic E-state index is 5.78. The molecule has 1 aliphatic heterocycles. The van der Waals surface area contributed by atoms with Crippen LogP contribution in [-0.4, -0.2) is 31.0 Å². The van der Waals surface area contributed by atoms with Crippen molar-refractivity contribution >= 4 is 11.3 Å². The highest BCUT2D eigenvalue weighted by molar-refractivity contribution is 7.13. The highest BCUT2D eigenvalue weighted by Crippen LogP contribution is 2.25. The zero-order valence-corrected chi connectivity index (χ0v) is 13.0. The van der Waals surface area contributed by atoms with Crippen molar-refractivity contribution in [1.29, 1.82) is 0 Å². The quantitative estimate of drug-likeness (QED) is 0.793. The second-order valence-electron chi connectivity index (χ2n) is 5.41. The van der Waals surface area contributed by atoms with Gasteiger partial charge < -0.3 is 9.73 Å². The average molecular weight is 316 g/mol. The number of nitrogens with one attached hydrogen (secondary N) is 1. The molecular weight excluding hydrogens is 300 g/mol. The van der Waals surface area contributed by atoms with E-state index >= 15 is 0 Å². The first-order valence-corrected chi connectivity index (χ1v) is 8.17. The van der Waals surface area contributed by atoms with E-state index in [1.54, 1.807) is 17.7 Å². The largest absolute Gasteiger partial charge is 0.418 e. The van der Waals surface area contributed by atoms with Gasteiger partial charge in [-0.1, -0.05) is 6.07 Å². The molecule has 0 spiro atoms. The molecule has 3 aromatic rings. The molecule has 3 aromatic heterocycles. The Kier molecular flexibility index (Phi) is 3.47. The van der Waals surface area contributed by atoms with E-state index in [1.165, 1.54) is 0 Å². The Hall–Kier alpha value is -2.06. The smallest absolute Gasteiger partial charge is 0.257 e. The zero-order chi connectivity index (χ0) is 14.9. The Morgan fingerprint density at radius 2 is 2.41 bits per heavy atom. The summed E-state index contributed by atoms with van der Waals surface area (Å²) >= 11 is 1.59. The van der Waals surface area contributed by atoms with E-state index in [4.69, 9.17) is 4.42 Å². The van der Waals surface area contributed by atoms with Crippen LogP contribution in [0.25, 0.3) is 10.8 Å². The Morgan fingerprint density at radius 3 is 3.27 bits per heavy atom. The van der Waals surface area contributed by atoms with Crippen molar-refractivity contribution < 1.29 is 4.42 Å². The molecule has 2 atom stereocenters. The van der Waals surface area contributed by atoms with Gasteiger partial charge in [-0.25, -0.2) is 9.67 Å². The van der Waals surface area contributed by atoms with Crippen LogP contribution in [0.2, 0.25) is 0 Å². The summed E-state index contributed by atoms with van der Waals surface area (Å²) < 4.78 is 7.73. The first-order valence-electron chi connectivity index (χ1n) is 7.29. The molecule has 0 radical (unpaired) electrons. The van der Waals surface area contributed by atoms with Crippen molar-refractivity contribution in [3.8, 4) is 10.8 Å². The van der Waals surface area contributed by atoms with Gasteiger partial charge in [0.1, 0.15) is 12.2 Å². The van der Waals surface area contributed by atoms with E-state index in [0.717, 1.165) is 30.1 Å². The maximum Gasteiger partial charge on any atom is 0.257 e. The number of fused-ring (bicyclic) bond motifs is 1. The third kappa shape index (κ3) is 2.55. The van der Waals surface area contributed by atoms with E-state index in [0.29, 0.717) is 17.8 Å². The summed E-state index contributed by atoms with van der Waals surface area (Å²) in [4.78, 5) is 5.24. The average Bonchev–Trinajstić information content (AvgIpc) is 3.26. The lowest BCUT2D eigenvalue weighted by atomic mass is 10.1. The third-order valence-corrected chi connectivity index (χ3v) is 4.69. The minimum atomic E-state index is 0.0104. The highest BCUT2D eigenvalue weighted by atomic mass is 32.1. The van der Waals surface area contributed by atoms with Crippen molar-refractivity contribution in [2.75, 3.05) is 0 Å². The van der Waals surface area contributed by atoms with Gasteiger partial charge in [-0.2, -0.15) is 5.10 Å². The topological polar surface area (TPSA) is 81.7 Å². The fraction of sp³-hybridized carbons (Fsp3) is 0.429. The summed E-state index contributed by atoms with van der Waals surface area (Å²) in [6.07, 6.45) is 3.59. The number of aromatic nitrogens is 5. The third-order valence-electron chi connectivity index (χ3n) is 3.83. The van der Waals surface area contributed by atoms with E-state index in [9.17, 15) is 0 Å². The molecule has 0 bridgehead atoms. The van der Waals surface area contributed by atoms with E-state index in [-0.39, 0.29) is 6.04 Å². The molecule has 114 valence electrons. The van der Waals surface area contributed by atoms with Crippen LogP contribution in [-0.2, 0) is 13.0 Å². The summed E-state index contributed by atoms with van der Waals surface area (Å²) in [6.45, 7) is 2.87. The van der Waals surface area contributed by atoms with Gasteiger partial charge in [-0.3, -0.25) is 0 Å². The fourth-order valence-corrected chi connectivity index (χ4v) is 3.35. The molecule has 7 nitrogen and oxygen atoms in total. The van der Waals surface area contributed by atoms with Crippen LogP contribution >= 0.6 is 11.3 Å². The molecule has 0 aliphatic carbocycles. The lowest BCUT2D eigenvalue weighted by Gasteiger charge is -2.25. The number of thiophene rings is 1. The molecule has 1 N–H and O–H groups in total. The lowest BCUT2D eigenvalue weighted by Crippen LogP contribution is -2.39. The molecule has 0 saturated heterocycles. The van der Waals surface area contributed by atoms with Crippen molar-refractivity contribution in [1.82, 2.24) is 30.3 Å². The molecule has 4 heterocycles. The Morgan fingerprint density at radius 1 is 1.45 bits per heavy atom. The zero-order valence-electron chi connectivity index (χ0n) is 12.1. The van der Waals surface area contributed by atoms with Gasteiger partial charge in [0, 0.05) is 12.5 Å². The monoisotopic (exact) mass is 316 g/mol. The van der Waals surface area contributed by atoms with Crippen LogP contribution in [0.1, 0.15) is 31.1 Å². The van der Waals surface area contributed by atoms with Gasteiger partial charge in [-0.15, -0.1) is 21.5 Å². The molecular formula is C14H16N6OS. The molecule has 22 heavy (non-hydrogen) atoms. The van der Waals surface area contributed by atoms with Gasteiger partial charge in [-0.05, 0) is 24.8 Å². The maximum atomic E-state index is 5.78. The Bertz CT molecular complexity index is 749. The van der Waals surface area contributed by atoms with Crippen LogP contribution in [0.4, 0.5) is 0 Å². The van der Waals surface area contributed by atoms with Crippen LogP contribution in [0, 0.1) is 0 Å². The molecule has 1 aliphatic rings. The van der Waals surface area contributed by atoms with Crippen LogP contribution in [0.15, 0.2) is 28.3 Å². The number of hydrogen-bond donors (Lipinski definition) is 1. The van der Waals surface area contributed by atoms with Gasteiger partial charge in [0.15, 0.2) is 0 Å². The van der Waals surface area contributed by atoms with Gasteiger partial charge in [0.25, 0.3) is 5.89 Å². The Labute approximate surface area is 131 Å². The predicted octanol–water partition coefficient (Wildman–Crippen LogP) is 2.06. The molecule has 0 saturated carbocycles. The normalized spacial score (nSPS) is 19.0. The van der Waals surface area contributed by atoms with Gasteiger partial charge in [0.05, 0.1) is 17.5 Å². The van der Waals surface area contributed by atoms with Crippen molar-refractivity contribution in [2.45, 2.75) is 38.4 Å². The molecule has 0 fully saturated rings. The molecule has 0 unspecified atom stereocenters. The summed E-state index contributed by atoms with van der Waals surface area (Å²) in [7, 11) is 0. The van der Waals surface area contributed by atoms with Crippen LogP contribution in [0.3, 0.4) is 0 Å². The van der Waals surface area contributed by atoms with Crippen LogP contribution < -0.4 is 5.32 Å². The number of rotatable bonds is 4. The molecule has 0 amide bonds. The first-order chi connectivity index (χ1) is 10.8. The summed E-state index contributed by atoms with van der Waals surface area (Å²) in [5.41, 5.74) is 0. The first kappa shape index (κ1) is 13.6. The summed E-state index contributed by atoms with van der Waals surface area (Å²) in [5.74, 6) is 2.26. The van der Waals surface area contributed by atoms with E-state index in [1.807, 2.05) is 29.1 Å². The highest BCUT2D eigenvalue weighted by Gasteiger charge is 2.23. The van der Waals surface area contributed by atoms with Crippen molar-refractivity contribution in [3.05, 3.63) is 35.6 Å². The SMILES string of the molecule is C[C@@H](N[C@H]1CCc2ncnn2C1)c1nnc(-c2cccs2)o1. The molecule has 4 rings (SSSR count). The second kappa shape index (κ2) is 5.62. The minimum Gasteiger partial charge on any atom is -0.418 e. The number of aryl methyl sites for hydroxylation is 1. The molecule has 8 heteroatoms. The minimum absolute atomic E-state index is 0.0104. The van der Waals surface area contributed by atoms with Crippen LogP contribution in [0.5, 0.6) is 0 Å². The lowest BCUT2D eigenvalue weighted by molar-refractivity contribution is 0.310. The van der Waals surface area contributed by atoms with E-state index < -0.39 is 0 Å². The molecule has 0 aromatic carbocycles. The summed E-state index contributed by atoms with van der Waals surface area (Å²) in [6, 6.07) is 4.30.